The Morgan fingerprint density at radius 1 is 1.00 bits per heavy atom. The van der Waals surface area contributed by atoms with E-state index in [9.17, 15) is 0 Å². The van der Waals surface area contributed by atoms with Gasteiger partial charge in [-0.2, -0.15) is 0 Å². The van der Waals surface area contributed by atoms with E-state index in [1.54, 1.807) is 7.05 Å². The molecule has 0 bridgehead atoms. The minimum absolute atomic E-state index is 0. The van der Waals surface area contributed by atoms with Gasteiger partial charge in [-0.1, -0.05) is 35.9 Å². The summed E-state index contributed by atoms with van der Waals surface area (Å²) in [5, 5.41) is 6.65. The Balaban J connectivity index is 0.00000225. The van der Waals surface area contributed by atoms with Gasteiger partial charge in [-0.15, -0.1) is 24.0 Å². The first-order valence-corrected chi connectivity index (χ1v) is 8.13. The predicted octanol–water partition coefficient (Wildman–Crippen LogP) is 3.25. The van der Waals surface area contributed by atoms with Crippen molar-refractivity contribution in [3.05, 3.63) is 59.2 Å². The Bertz CT molecular complexity index is 717. The van der Waals surface area contributed by atoms with Gasteiger partial charge in [0, 0.05) is 20.1 Å². The van der Waals surface area contributed by atoms with Crippen molar-refractivity contribution >= 4 is 29.9 Å². The van der Waals surface area contributed by atoms with Crippen LogP contribution in [0.4, 0.5) is 0 Å². The van der Waals surface area contributed by atoms with Crippen LogP contribution in [0.15, 0.2) is 47.5 Å². The summed E-state index contributed by atoms with van der Waals surface area (Å²) in [6.45, 7) is 3.92. The van der Waals surface area contributed by atoms with Crippen molar-refractivity contribution in [3.8, 4) is 11.5 Å². The summed E-state index contributed by atoms with van der Waals surface area (Å²) in [6.07, 6.45) is 0.963. The monoisotopic (exact) mass is 453 g/mol. The minimum Gasteiger partial charge on any atom is -0.454 e. The van der Waals surface area contributed by atoms with Gasteiger partial charge >= 0.3 is 0 Å². The molecule has 25 heavy (non-hydrogen) atoms. The Morgan fingerprint density at radius 2 is 1.72 bits per heavy atom. The van der Waals surface area contributed by atoms with Gasteiger partial charge in [-0.05, 0) is 36.6 Å². The van der Waals surface area contributed by atoms with E-state index in [1.165, 1.54) is 11.1 Å². The molecule has 0 amide bonds. The van der Waals surface area contributed by atoms with Crippen molar-refractivity contribution in [2.75, 3.05) is 20.4 Å². The highest BCUT2D eigenvalue weighted by atomic mass is 127. The van der Waals surface area contributed by atoms with Crippen LogP contribution in [0.25, 0.3) is 0 Å². The molecular weight excluding hydrogens is 429 g/mol. The first-order valence-electron chi connectivity index (χ1n) is 8.13. The van der Waals surface area contributed by atoms with Gasteiger partial charge < -0.3 is 20.1 Å². The van der Waals surface area contributed by atoms with E-state index in [2.05, 4.69) is 46.8 Å². The molecule has 1 heterocycles. The van der Waals surface area contributed by atoms with E-state index in [0.29, 0.717) is 13.3 Å². The Hall–Kier alpha value is -1.96. The summed E-state index contributed by atoms with van der Waals surface area (Å²) in [5.41, 5.74) is 3.73. The molecule has 5 nitrogen and oxygen atoms in total. The summed E-state index contributed by atoms with van der Waals surface area (Å²) in [4.78, 5) is 4.26. The van der Waals surface area contributed by atoms with Crippen LogP contribution in [-0.2, 0) is 13.0 Å². The van der Waals surface area contributed by atoms with Crippen LogP contribution in [0.2, 0.25) is 0 Å². The second kappa shape index (κ2) is 9.50. The van der Waals surface area contributed by atoms with Crippen molar-refractivity contribution in [2.24, 2.45) is 4.99 Å². The zero-order valence-corrected chi connectivity index (χ0v) is 16.9. The van der Waals surface area contributed by atoms with E-state index in [4.69, 9.17) is 9.47 Å². The fourth-order valence-corrected chi connectivity index (χ4v) is 2.54. The summed E-state index contributed by atoms with van der Waals surface area (Å²) < 4.78 is 10.7. The van der Waals surface area contributed by atoms with Crippen molar-refractivity contribution in [3.63, 3.8) is 0 Å². The van der Waals surface area contributed by atoms with E-state index >= 15 is 0 Å². The highest BCUT2D eigenvalue weighted by molar-refractivity contribution is 14.0. The molecule has 0 saturated carbocycles. The number of nitrogens with one attached hydrogen (secondary N) is 2. The van der Waals surface area contributed by atoms with Crippen molar-refractivity contribution < 1.29 is 9.47 Å². The maximum Gasteiger partial charge on any atom is 0.231 e. The number of aliphatic imine (C=N–C) groups is 1. The van der Waals surface area contributed by atoms with Gasteiger partial charge in [0.25, 0.3) is 0 Å². The fourth-order valence-electron chi connectivity index (χ4n) is 2.54. The lowest BCUT2D eigenvalue weighted by atomic mass is 10.1. The number of guanidine groups is 1. The average molecular weight is 453 g/mol. The Labute approximate surface area is 165 Å². The number of aryl methyl sites for hydroxylation is 1. The van der Waals surface area contributed by atoms with Crippen molar-refractivity contribution in [1.82, 2.24) is 10.6 Å². The standard InChI is InChI=1S/C19H23N3O2.HI/c1-14-3-5-15(6-4-14)9-10-21-19(20-2)22-12-16-7-8-17-18(11-16)24-13-23-17;/h3-8,11H,9-10,12-13H2,1-2H3,(H2,20,21,22);1H. The van der Waals surface area contributed by atoms with Crippen molar-refractivity contribution in [1.29, 1.82) is 0 Å². The summed E-state index contributed by atoms with van der Waals surface area (Å²) >= 11 is 0. The molecule has 3 rings (SSSR count). The molecule has 1 aliphatic heterocycles. The molecule has 134 valence electrons. The normalized spacial score (nSPS) is 12.5. The molecule has 0 aliphatic carbocycles. The zero-order valence-electron chi connectivity index (χ0n) is 14.5. The molecule has 6 heteroatoms. The highest BCUT2D eigenvalue weighted by Crippen LogP contribution is 2.32. The number of hydrogen-bond donors (Lipinski definition) is 2. The predicted molar refractivity (Wildman–Crippen MR) is 111 cm³/mol. The smallest absolute Gasteiger partial charge is 0.231 e. The lowest BCUT2D eigenvalue weighted by Gasteiger charge is -2.12. The van der Waals surface area contributed by atoms with Crippen LogP contribution < -0.4 is 20.1 Å². The second-order valence-electron chi connectivity index (χ2n) is 5.78. The third-order valence-electron chi connectivity index (χ3n) is 3.95. The van der Waals surface area contributed by atoms with Gasteiger partial charge in [0.15, 0.2) is 17.5 Å². The quantitative estimate of drug-likeness (QED) is 0.415. The number of hydrogen-bond acceptors (Lipinski definition) is 3. The molecule has 1 aliphatic rings. The topological polar surface area (TPSA) is 54.9 Å². The molecular formula is C19H24IN3O2. The first-order chi connectivity index (χ1) is 11.7. The van der Waals surface area contributed by atoms with Gasteiger partial charge in [0.05, 0.1) is 0 Å². The molecule has 2 aromatic rings. The molecule has 0 aromatic heterocycles. The summed E-state index contributed by atoms with van der Waals surface area (Å²) in [5.74, 6) is 2.40. The van der Waals surface area contributed by atoms with E-state index < -0.39 is 0 Å². The van der Waals surface area contributed by atoms with E-state index in [1.807, 2.05) is 18.2 Å². The van der Waals surface area contributed by atoms with Gasteiger partial charge in [-0.25, -0.2) is 0 Å². The van der Waals surface area contributed by atoms with E-state index in [-0.39, 0.29) is 24.0 Å². The van der Waals surface area contributed by atoms with Gasteiger partial charge in [0.1, 0.15) is 0 Å². The number of ether oxygens (including phenoxy) is 2. The van der Waals surface area contributed by atoms with E-state index in [0.717, 1.165) is 36.0 Å². The molecule has 0 fully saturated rings. The molecule has 0 atom stereocenters. The first kappa shape index (κ1) is 19.4. The molecule has 0 spiro atoms. The molecule has 0 saturated heterocycles. The third kappa shape index (κ3) is 5.52. The van der Waals surface area contributed by atoms with Crippen LogP contribution in [0.1, 0.15) is 16.7 Å². The molecule has 2 N–H and O–H groups in total. The van der Waals surface area contributed by atoms with Crippen LogP contribution in [0.5, 0.6) is 11.5 Å². The zero-order chi connectivity index (χ0) is 16.8. The Morgan fingerprint density at radius 3 is 2.48 bits per heavy atom. The summed E-state index contributed by atoms with van der Waals surface area (Å²) in [7, 11) is 1.78. The van der Waals surface area contributed by atoms with Crippen LogP contribution in [-0.4, -0.2) is 26.3 Å². The number of halogens is 1. The maximum absolute atomic E-state index is 5.40. The third-order valence-corrected chi connectivity index (χ3v) is 3.95. The van der Waals surface area contributed by atoms with Crippen molar-refractivity contribution in [2.45, 2.75) is 19.9 Å². The minimum atomic E-state index is 0. The van der Waals surface area contributed by atoms with Crippen LogP contribution in [0.3, 0.4) is 0 Å². The SMILES string of the molecule is CN=C(NCCc1ccc(C)cc1)NCc1ccc2c(c1)OCO2.I. The van der Waals surface area contributed by atoms with Gasteiger partial charge in [0.2, 0.25) is 6.79 Å². The molecule has 0 radical (unpaired) electrons. The van der Waals surface area contributed by atoms with Crippen LogP contribution in [0, 0.1) is 6.92 Å². The summed E-state index contributed by atoms with van der Waals surface area (Å²) in [6, 6.07) is 14.6. The number of nitrogens with zero attached hydrogens (tertiary/aromatic N) is 1. The Kier molecular flexibility index (Phi) is 7.36. The fraction of sp³-hybridized carbons (Fsp3) is 0.316. The lowest BCUT2D eigenvalue weighted by Crippen LogP contribution is -2.37. The average Bonchev–Trinajstić information content (AvgIpc) is 3.07. The number of rotatable bonds is 5. The van der Waals surface area contributed by atoms with Gasteiger partial charge in [-0.3, -0.25) is 4.99 Å². The molecule has 0 unspecified atom stereocenters. The van der Waals surface area contributed by atoms with Crippen LogP contribution >= 0.6 is 24.0 Å². The molecule has 2 aromatic carbocycles. The maximum atomic E-state index is 5.40. The lowest BCUT2D eigenvalue weighted by molar-refractivity contribution is 0.174. The highest BCUT2D eigenvalue weighted by Gasteiger charge is 2.13. The number of benzene rings is 2. The largest absolute Gasteiger partial charge is 0.454 e. The number of fused-ring (bicyclic) bond motifs is 1. The second-order valence-corrected chi connectivity index (χ2v) is 5.78.